The Morgan fingerprint density at radius 3 is 2.35 bits per heavy atom. The second-order valence-corrected chi connectivity index (χ2v) is 5.82. The largest absolute Gasteiger partial charge is 0.481 e. The van der Waals surface area contributed by atoms with E-state index < -0.39 is 0 Å². The van der Waals surface area contributed by atoms with E-state index in [1.165, 1.54) is 24.2 Å². The zero-order valence-electron chi connectivity index (χ0n) is 15.1. The molecule has 0 aliphatic carbocycles. The predicted molar refractivity (Wildman–Crippen MR) is 90.0 cm³/mol. The number of pyridine rings is 1. The Hall–Kier alpha value is -3.10. The molecule has 0 N–H and O–H groups in total. The van der Waals surface area contributed by atoms with Crippen LogP contribution in [0.3, 0.4) is 0 Å². The highest BCUT2D eigenvalue weighted by Crippen LogP contribution is 2.25. The summed E-state index contributed by atoms with van der Waals surface area (Å²) in [5.41, 5.74) is 1.13. The fourth-order valence-electron chi connectivity index (χ4n) is 2.95. The van der Waals surface area contributed by atoms with Crippen molar-refractivity contribution >= 4 is 11.8 Å². The molecule has 3 rings (SSSR count). The highest BCUT2D eigenvalue weighted by Gasteiger charge is 2.35. The van der Waals surface area contributed by atoms with Crippen LogP contribution in [0.5, 0.6) is 11.8 Å². The second kappa shape index (κ2) is 7.03. The third-order valence-corrected chi connectivity index (χ3v) is 4.21. The number of hydrazine groups is 1. The van der Waals surface area contributed by atoms with E-state index in [1.54, 1.807) is 26.0 Å². The Kier molecular flexibility index (Phi) is 4.79. The lowest BCUT2D eigenvalue weighted by atomic mass is 10.2. The van der Waals surface area contributed by atoms with Gasteiger partial charge in [-0.1, -0.05) is 5.16 Å². The van der Waals surface area contributed by atoms with Crippen LogP contribution in [0.15, 0.2) is 16.7 Å². The summed E-state index contributed by atoms with van der Waals surface area (Å²) < 4.78 is 15.3. The Morgan fingerprint density at radius 1 is 1.08 bits per heavy atom. The van der Waals surface area contributed by atoms with Gasteiger partial charge in [-0.05, 0) is 26.3 Å². The molecular formula is C17H20N4O5. The van der Waals surface area contributed by atoms with Crippen molar-refractivity contribution in [1.29, 1.82) is 0 Å². The van der Waals surface area contributed by atoms with Crippen molar-refractivity contribution in [3.8, 4) is 11.8 Å². The molecule has 0 aromatic carbocycles. The van der Waals surface area contributed by atoms with Crippen LogP contribution in [0, 0.1) is 13.8 Å². The number of rotatable bonds is 4. The average molecular weight is 360 g/mol. The first-order valence-electron chi connectivity index (χ1n) is 8.13. The van der Waals surface area contributed by atoms with E-state index in [0.29, 0.717) is 42.4 Å². The van der Waals surface area contributed by atoms with Gasteiger partial charge >= 0.3 is 0 Å². The number of aryl methyl sites for hydroxylation is 2. The zero-order chi connectivity index (χ0) is 18.8. The topological polar surface area (TPSA) is 98.0 Å². The summed E-state index contributed by atoms with van der Waals surface area (Å²) >= 11 is 0. The summed E-state index contributed by atoms with van der Waals surface area (Å²) in [5.74, 6) is 0.229. The van der Waals surface area contributed by atoms with Gasteiger partial charge in [0.2, 0.25) is 11.8 Å². The predicted octanol–water partition coefficient (Wildman–Crippen LogP) is 1.61. The molecule has 138 valence electrons. The molecule has 0 unspecified atom stereocenters. The summed E-state index contributed by atoms with van der Waals surface area (Å²) in [6.45, 7) is 4.22. The summed E-state index contributed by atoms with van der Waals surface area (Å²) in [6, 6.07) is 3.15. The first kappa shape index (κ1) is 17.7. The van der Waals surface area contributed by atoms with Crippen molar-refractivity contribution in [3.05, 3.63) is 34.7 Å². The van der Waals surface area contributed by atoms with Crippen LogP contribution in [-0.2, 0) is 0 Å². The molecule has 1 aliphatic heterocycles. The lowest BCUT2D eigenvalue weighted by Gasteiger charge is -2.28. The van der Waals surface area contributed by atoms with Gasteiger partial charge in [0.1, 0.15) is 16.9 Å². The number of carbonyl (C=O) groups is 2. The van der Waals surface area contributed by atoms with Crippen molar-refractivity contribution in [3.63, 3.8) is 0 Å². The van der Waals surface area contributed by atoms with Crippen molar-refractivity contribution in [1.82, 2.24) is 20.2 Å². The van der Waals surface area contributed by atoms with Gasteiger partial charge in [0, 0.05) is 19.2 Å². The molecule has 9 heteroatoms. The van der Waals surface area contributed by atoms with E-state index in [0.717, 1.165) is 0 Å². The lowest BCUT2D eigenvalue weighted by molar-refractivity contribution is 0.0182. The molecule has 1 fully saturated rings. The molecule has 9 nitrogen and oxygen atoms in total. The third-order valence-electron chi connectivity index (χ3n) is 4.21. The smallest absolute Gasteiger partial charge is 0.277 e. The quantitative estimate of drug-likeness (QED) is 0.817. The van der Waals surface area contributed by atoms with E-state index in [4.69, 9.17) is 14.0 Å². The molecule has 0 atom stereocenters. The van der Waals surface area contributed by atoms with E-state index in [2.05, 4.69) is 10.1 Å². The minimum absolute atomic E-state index is 0.144. The second-order valence-electron chi connectivity index (χ2n) is 5.82. The molecule has 1 aliphatic rings. The number of nitrogens with zero attached hydrogens (tertiary/aromatic N) is 4. The van der Waals surface area contributed by atoms with Gasteiger partial charge in [-0.25, -0.2) is 10.0 Å². The van der Waals surface area contributed by atoms with Crippen molar-refractivity contribution in [2.45, 2.75) is 20.3 Å². The van der Waals surface area contributed by atoms with Crippen LogP contribution in [0.25, 0.3) is 0 Å². The van der Waals surface area contributed by atoms with E-state index in [9.17, 15) is 9.59 Å². The Labute approximate surface area is 150 Å². The number of aromatic nitrogens is 2. The monoisotopic (exact) mass is 360 g/mol. The number of hydrogen-bond donors (Lipinski definition) is 0. The molecule has 0 radical (unpaired) electrons. The number of ether oxygens (including phenoxy) is 2. The number of amides is 2. The van der Waals surface area contributed by atoms with Gasteiger partial charge in [0.25, 0.3) is 11.8 Å². The highest BCUT2D eigenvalue weighted by atomic mass is 16.5. The van der Waals surface area contributed by atoms with Crippen molar-refractivity contribution in [2.75, 3.05) is 27.3 Å². The van der Waals surface area contributed by atoms with E-state index in [1.807, 2.05) is 0 Å². The summed E-state index contributed by atoms with van der Waals surface area (Å²) in [7, 11) is 2.91. The Bertz CT molecular complexity index is 828. The first-order valence-corrected chi connectivity index (χ1v) is 8.13. The molecule has 0 bridgehead atoms. The highest BCUT2D eigenvalue weighted by molar-refractivity contribution is 6.01. The third kappa shape index (κ3) is 2.96. The van der Waals surface area contributed by atoms with Crippen LogP contribution < -0.4 is 9.47 Å². The maximum Gasteiger partial charge on any atom is 0.277 e. The van der Waals surface area contributed by atoms with E-state index in [-0.39, 0.29) is 23.3 Å². The summed E-state index contributed by atoms with van der Waals surface area (Å²) in [4.78, 5) is 30.1. The average Bonchev–Trinajstić information content (AvgIpc) is 3.27. The van der Waals surface area contributed by atoms with E-state index >= 15 is 0 Å². The summed E-state index contributed by atoms with van der Waals surface area (Å²) in [5, 5.41) is 6.63. The molecule has 0 spiro atoms. The molecule has 2 aromatic rings. The molecule has 1 saturated heterocycles. The van der Waals surface area contributed by atoms with Crippen LogP contribution in [-0.4, -0.2) is 59.3 Å². The Balaban J connectivity index is 1.91. The van der Waals surface area contributed by atoms with Gasteiger partial charge in [-0.3, -0.25) is 9.59 Å². The first-order chi connectivity index (χ1) is 12.5. The molecule has 0 saturated carbocycles. The molecule has 26 heavy (non-hydrogen) atoms. The minimum atomic E-state index is -0.366. The maximum atomic E-state index is 13.0. The minimum Gasteiger partial charge on any atom is -0.481 e. The summed E-state index contributed by atoms with van der Waals surface area (Å²) in [6.07, 6.45) is 0.673. The standard InChI is InChI=1S/C17H20N4O5/c1-10-14(11(2)26-19-10)17(23)21-9-5-8-20(21)16(22)12-6-7-13(24-3)18-15(12)25-4/h6-7H,5,8-9H2,1-4H3. The van der Waals surface area contributed by atoms with Gasteiger partial charge in [0.15, 0.2) is 0 Å². The SMILES string of the molecule is COc1ccc(C(=O)N2CCCN2C(=O)c2c(C)noc2C)c(OC)n1. The number of methoxy groups -OCH3 is 2. The van der Waals surface area contributed by atoms with Crippen LogP contribution in [0.1, 0.15) is 38.6 Å². The van der Waals surface area contributed by atoms with Gasteiger partial charge in [-0.2, -0.15) is 4.98 Å². The van der Waals surface area contributed by atoms with Gasteiger partial charge in [-0.15, -0.1) is 0 Å². The molecule has 2 aromatic heterocycles. The van der Waals surface area contributed by atoms with Crippen LogP contribution in [0.2, 0.25) is 0 Å². The zero-order valence-corrected chi connectivity index (χ0v) is 15.1. The molecular weight excluding hydrogens is 340 g/mol. The fraction of sp³-hybridized carbons (Fsp3) is 0.412. The molecule has 3 heterocycles. The molecule has 2 amide bonds. The van der Waals surface area contributed by atoms with Crippen LogP contribution in [0.4, 0.5) is 0 Å². The van der Waals surface area contributed by atoms with Gasteiger partial charge in [0.05, 0.1) is 19.9 Å². The van der Waals surface area contributed by atoms with Crippen LogP contribution >= 0.6 is 0 Å². The number of hydrogen-bond acceptors (Lipinski definition) is 7. The van der Waals surface area contributed by atoms with Crippen molar-refractivity contribution < 1.29 is 23.6 Å². The lowest BCUT2D eigenvalue weighted by Crippen LogP contribution is -2.45. The maximum absolute atomic E-state index is 13.0. The fourth-order valence-corrected chi connectivity index (χ4v) is 2.95. The van der Waals surface area contributed by atoms with Crippen molar-refractivity contribution in [2.24, 2.45) is 0 Å². The normalized spacial score (nSPS) is 13.8. The Morgan fingerprint density at radius 2 is 1.77 bits per heavy atom. The number of carbonyl (C=O) groups excluding carboxylic acids is 2. The van der Waals surface area contributed by atoms with Gasteiger partial charge < -0.3 is 14.0 Å².